The molecule has 0 aliphatic carbocycles. The van der Waals surface area contributed by atoms with E-state index in [0.717, 1.165) is 12.1 Å². The maximum absolute atomic E-state index is 12.8. The Kier molecular flexibility index (Phi) is 4.45. The van der Waals surface area contributed by atoms with Crippen molar-refractivity contribution in [2.24, 2.45) is 0 Å². The first-order valence-electron chi connectivity index (χ1n) is 6.89. The number of benzene rings is 1. The Morgan fingerprint density at radius 1 is 1.30 bits per heavy atom. The first-order valence-corrected chi connectivity index (χ1v) is 7.69. The Morgan fingerprint density at radius 2 is 1.87 bits per heavy atom. The lowest BCUT2D eigenvalue weighted by molar-refractivity contribution is -0.138. The van der Waals surface area contributed by atoms with E-state index in [2.05, 4.69) is 15.9 Å². The third kappa shape index (κ3) is 3.98. The van der Waals surface area contributed by atoms with Gasteiger partial charge in [-0.15, -0.1) is 0 Å². The molecule has 1 aliphatic heterocycles. The first-order chi connectivity index (χ1) is 10.3. The molecule has 8 heteroatoms. The summed E-state index contributed by atoms with van der Waals surface area (Å²) in [6.45, 7) is 4.88. The lowest BCUT2D eigenvalue weighted by atomic mass is 9.85. The number of carbonyl (C=O) groups excluding carboxylic acids is 1. The highest BCUT2D eigenvalue weighted by Gasteiger charge is 2.48. The van der Waals surface area contributed by atoms with Crippen molar-refractivity contribution < 1.29 is 27.8 Å². The number of hydrogen-bond acceptors (Lipinski definition) is 3. The lowest BCUT2D eigenvalue weighted by Gasteiger charge is -2.47. The standard InChI is InChI=1S/C15H17BrF3NO3/c1-13(2,3)23-12(21)20-7-14(22,8-20)10-6-9(15(17,18)19)4-5-11(10)16/h4-6,22H,7-8H2,1-3H3. The molecular formula is C15H17BrF3NO3. The number of likely N-dealkylation sites (tertiary alicyclic amines) is 1. The van der Waals surface area contributed by atoms with Gasteiger partial charge < -0.3 is 14.7 Å². The monoisotopic (exact) mass is 395 g/mol. The smallest absolute Gasteiger partial charge is 0.416 e. The van der Waals surface area contributed by atoms with Crippen LogP contribution in [0.15, 0.2) is 22.7 Å². The summed E-state index contributed by atoms with van der Waals surface area (Å²) in [5, 5.41) is 10.5. The van der Waals surface area contributed by atoms with Crippen molar-refractivity contribution in [3.63, 3.8) is 0 Å². The minimum Gasteiger partial charge on any atom is -0.444 e. The Labute approximate surface area is 140 Å². The normalized spacial score (nSPS) is 17.7. The molecule has 1 fully saturated rings. The van der Waals surface area contributed by atoms with E-state index < -0.39 is 29.0 Å². The number of hydrogen-bond donors (Lipinski definition) is 1. The van der Waals surface area contributed by atoms with Crippen LogP contribution in [0.2, 0.25) is 0 Å². The van der Waals surface area contributed by atoms with Crippen molar-refractivity contribution in [3.8, 4) is 0 Å². The summed E-state index contributed by atoms with van der Waals surface area (Å²) in [7, 11) is 0. The molecule has 1 heterocycles. The number of carbonyl (C=O) groups is 1. The summed E-state index contributed by atoms with van der Waals surface area (Å²) in [5.74, 6) is 0. The molecule has 4 nitrogen and oxygen atoms in total. The molecule has 0 atom stereocenters. The minimum atomic E-state index is -4.50. The summed E-state index contributed by atoms with van der Waals surface area (Å²) in [5.41, 5.74) is -2.95. The second-order valence-corrected chi connectivity index (χ2v) is 7.41. The first kappa shape index (κ1) is 18.1. The van der Waals surface area contributed by atoms with E-state index in [0.29, 0.717) is 4.47 Å². The van der Waals surface area contributed by atoms with Crippen LogP contribution in [0.1, 0.15) is 31.9 Å². The molecule has 0 bridgehead atoms. The van der Waals surface area contributed by atoms with Gasteiger partial charge in [-0.2, -0.15) is 13.2 Å². The number of aliphatic hydroxyl groups is 1. The molecule has 1 aliphatic rings. The van der Waals surface area contributed by atoms with Crippen LogP contribution in [0.4, 0.5) is 18.0 Å². The van der Waals surface area contributed by atoms with Gasteiger partial charge in [0.25, 0.3) is 0 Å². The van der Waals surface area contributed by atoms with Crippen LogP contribution in [0, 0.1) is 0 Å². The van der Waals surface area contributed by atoms with Crippen molar-refractivity contribution in [3.05, 3.63) is 33.8 Å². The third-order valence-corrected chi connectivity index (χ3v) is 4.04. The largest absolute Gasteiger partial charge is 0.444 e. The van der Waals surface area contributed by atoms with E-state index in [1.165, 1.54) is 11.0 Å². The third-order valence-electron chi connectivity index (χ3n) is 3.35. The average Bonchev–Trinajstić information content (AvgIpc) is 2.31. The number of halogens is 4. The van der Waals surface area contributed by atoms with E-state index >= 15 is 0 Å². The van der Waals surface area contributed by atoms with E-state index in [-0.39, 0.29) is 18.7 Å². The maximum Gasteiger partial charge on any atom is 0.416 e. The highest BCUT2D eigenvalue weighted by atomic mass is 79.9. The quantitative estimate of drug-likeness (QED) is 0.784. The molecule has 1 aromatic rings. The van der Waals surface area contributed by atoms with E-state index in [9.17, 15) is 23.1 Å². The second-order valence-electron chi connectivity index (χ2n) is 6.56. The molecular weight excluding hydrogens is 379 g/mol. The zero-order chi connectivity index (χ0) is 17.6. The Hall–Kier alpha value is -1.28. The molecule has 2 rings (SSSR count). The van der Waals surface area contributed by atoms with E-state index in [1.54, 1.807) is 20.8 Å². The zero-order valence-corrected chi connectivity index (χ0v) is 14.5. The van der Waals surface area contributed by atoms with Crippen molar-refractivity contribution in [1.82, 2.24) is 4.90 Å². The maximum atomic E-state index is 12.8. The molecule has 1 saturated heterocycles. The van der Waals surface area contributed by atoms with Gasteiger partial charge in [0, 0.05) is 10.0 Å². The minimum absolute atomic E-state index is 0.104. The van der Waals surface area contributed by atoms with Gasteiger partial charge in [-0.1, -0.05) is 15.9 Å². The Morgan fingerprint density at radius 3 is 2.35 bits per heavy atom. The molecule has 128 valence electrons. The van der Waals surface area contributed by atoms with Crippen LogP contribution in [-0.4, -0.2) is 34.8 Å². The SMILES string of the molecule is CC(C)(C)OC(=O)N1CC(O)(c2cc(C(F)(F)F)ccc2Br)C1. The molecule has 0 aromatic heterocycles. The topological polar surface area (TPSA) is 49.8 Å². The van der Waals surface area contributed by atoms with Gasteiger partial charge >= 0.3 is 12.3 Å². The fraction of sp³-hybridized carbons (Fsp3) is 0.533. The highest BCUT2D eigenvalue weighted by molar-refractivity contribution is 9.10. The Bertz CT molecular complexity index is 619. The second kappa shape index (κ2) is 5.66. The van der Waals surface area contributed by atoms with Gasteiger partial charge in [-0.3, -0.25) is 0 Å². The van der Waals surface area contributed by atoms with E-state index in [1.807, 2.05) is 0 Å². The van der Waals surface area contributed by atoms with Crippen LogP contribution >= 0.6 is 15.9 Å². The average molecular weight is 396 g/mol. The number of ether oxygens (including phenoxy) is 1. The molecule has 1 amide bonds. The number of amides is 1. The van der Waals surface area contributed by atoms with Crippen LogP contribution in [0.3, 0.4) is 0 Å². The number of nitrogens with zero attached hydrogens (tertiary/aromatic N) is 1. The highest BCUT2D eigenvalue weighted by Crippen LogP contribution is 2.40. The predicted molar refractivity (Wildman–Crippen MR) is 80.8 cm³/mol. The van der Waals surface area contributed by atoms with E-state index in [4.69, 9.17) is 4.74 Å². The van der Waals surface area contributed by atoms with Crippen LogP contribution in [0.5, 0.6) is 0 Å². The van der Waals surface area contributed by atoms with Gasteiger partial charge in [0.2, 0.25) is 0 Å². The van der Waals surface area contributed by atoms with Crippen molar-refractivity contribution >= 4 is 22.0 Å². The van der Waals surface area contributed by atoms with Gasteiger partial charge in [0.1, 0.15) is 11.2 Å². The molecule has 1 N–H and O–H groups in total. The number of β-amino-alcohol motifs (C(OH)–C–C–N with tert-alkyl or cyclic N) is 1. The van der Waals surface area contributed by atoms with Gasteiger partial charge in [-0.05, 0) is 39.0 Å². The van der Waals surface area contributed by atoms with Gasteiger partial charge in [0.15, 0.2) is 0 Å². The molecule has 0 spiro atoms. The van der Waals surface area contributed by atoms with Crippen LogP contribution in [-0.2, 0) is 16.5 Å². The predicted octanol–water partition coefficient (Wildman–Crippen LogP) is 3.91. The summed E-state index contributed by atoms with van der Waals surface area (Å²) < 4.78 is 44.0. The van der Waals surface area contributed by atoms with Crippen molar-refractivity contribution in [2.75, 3.05) is 13.1 Å². The molecule has 0 radical (unpaired) electrons. The number of rotatable bonds is 1. The molecule has 0 unspecified atom stereocenters. The zero-order valence-electron chi connectivity index (χ0n) is 12.9. The molecule has 23 heavy (non-hydrogen) atoms. The van der Waals surface area contributed by atoms with Crippen molar-refractivity contribution in [2.45, 2.75) is 38.1 Å². The summed E-state index contributed by atoms with van der Waals surface area (Å²) >= 11 is 3.15. The van der Waals surface area contributed by atoms with Crippen LogP contribution < -0.4 is 0 Å². The fourth-order valence-electron chi connectivity index (χ4n) is 2.27. The molecule has 0 saturated carbocycles. The lowest BCUT2D eigenvalue weighted by Crippen LogP contribution is -2.62. The summed E-state index contributed by atoms with van der Waals surface area (Å²) in [6, 6.07) is 3.07. The van der Waals surface area contributed by atoms with Crippen molar-refractivity contribution in [1.29, 1.82) is 0 Å². The molecule has 1 aromatic carbocycles. The fourth-order valence-corrected chi connectivity index (χ4v) is 2.88. The number of alkyl halides is 3. The Balaban J connectivity index is 2.17. The van der Waals surface area contributed by atoms with Gasteiger partial charge in [0.05, 0.1) is 18.7 Å². The summed E-state index contributed by atoms with van der Waals surface area (Å²) in [6.07, 6.45) is -5.11. The van der Waals surface area contributed by atoms with Crippen LogP contribution in [0.25, 0.3) is 0 Å². The van der Waals surface area contributed by atoms with Gasteiger partial charge in [-0.25, -0.2) is 4.79 Å². The summed E-state index contributed by atoms with van der Waals surface area (Å²) in [4.78, 5) is 13.1.